The van der Waals surface area contributed by atoms with E-state index in [1.54, 1.807) is 30.3 Å². The molecule has 0 aromatic heterocycles. The molecule has 0 spiro atoms. The number of rotatable bonds is 3. The lowest BCUT2D eigenvalue weighted by Gasteiger charge is -2.10. The number of amides is 1. The maximum absolute atomic E-state index is 12.2. The van der Waals surface area contributed by atoms with E-state index in [1.165, 1.54) is 6.07 Å². The van der Waals surface area contributed by atoms with Gasteiger partial charge in [-0.25, -0.2) is 17.9 Å². The molecule has 1 amide bonds. The summed E-state index contributed by atoms with van der Waals surface area (Å²) in [6.45, 7) is 0. The maximum Gasteiger partial charge on any atom is 0.420 e. The molecule has 5 nitrogen and oxygen atoms in total. The lowest BCUT2D eigenvalue weighted by Crippen LogP contribution is -2.30. The first-order valence-corrected chi connectivity index (χ1v) is 7.28. The van der Waals surface area contributed by atoms with E-state index in [0.29, 0.717) is 5.56 Å². The van der Waals surface area contributed by atoms with Crippen LogP contribution >= 0.6 is 0 Å². The van der Waals surface area contributed by atoms with Gasteiger partial charge in [0.25, 0.3) is 10.0 Å². The third-order valence-corrected chi connectivity index (χ3v) is 4.03. The molecule has 104 valence electrons. The molecule has 0 saturated heterocycles. The molecule has 1 N–H and O–H groups in total. The van der Waals surface area contributed by atoms with Gasteiger partial charge in [-0.3, -0.25) is 0 Å². The molecule has 0 atom stereocenters. The van der Waals surface area contributed by atoms with E-state index >= 15 is 0 Å². The molecule has 2 aromatic rings. The summed E-state index contributed by atoms with van der Waals surface area (Å²) in [5.41, 5.74) is 1.27. The molecule has 0 aliphatic rings. The first-order chi connectivity index (χ1) is 9.54. The van der Waals surface area contributed by atoms with Crippen LogP contribution in [0, 0.1) is 0 Å². The highest BCUT2D eigenvalue weighted by Gasteiger charge is 2.21. The van der Waals surface area contributed by atoms with E-state index in [4.69, 9.17) is 0 Å². The number of carbonyl (C=O) groups excluding carboxylic acids is 1. The molecule has 0 radical (unpaired) electrons. The number of methoxy groups -OCH3 is 1. The average Bonchev–Trinajstić information content (AvgIpc) is 2.47. The molecule has 0 bridgehead atoms. The van der Waals surface area contributed by atoms with Gasteiger partial charge < -0.3 is 4.74 Å². The van der Waals surface area contributed by atoms with Crippen molar-refractivity contribution in [1.29, 1.82) is 0 Å². The Hall–Kier alpha value is -2.34. The Balaban J connectivity index is 2.51. The minimum absolute atomic E-state index is 0.0246. The first-order valence-electron chi connectivity index (χ1n) is 5.80. The predicted molar refractivity (Wildman–Crippen MR) is 74.6 cm³/mol. The van der Waals surface area contributed by atoms with Gasteiger partial charge in [-0.1, -0.05) is 48.5 Å². The van der Waals surface area contributed by atoms with Crippen molar-refractivity contribution in [2.75, 3.05) is 7.11 Å². The summed E-state index contributed by atoms with van der Waals surface area (Å²) in [6, 6.07) is 15.5. The van der Waals surface area contributed by atoms with Gasteiger partial charge in [0.2, 0.25) is 0 Å². The molecule has 0 aliphatic heterocycles. The quantitative estimate of drug-likeness (QED) is 0.942. The van der Waals surface area contributed by atoms with Crippen LogP contribution in [0.3, 0.4) is 0 Å². The normalized spacial score (nSPS) is 10.8. The highest BCUT2D eigenvalue weighted by molar-refractivity contribution is 7.90. The van der Waals surface area contributed by atoms with E-state index in [-0.39, 0.29) is 4.90 Å². The van der Waals surface area contributed by atoms with Gasteiger partial charge in [0.1, 0.15) is 0 Å². The van der Waals surface area contributed by atoms with Gasteiger partial charge in [-0.2, -0.15) is 0 Å². The Morgan fingerprint density at radius 2 is 1.60 bits per heavy atom. The monoisotopic (exact) mass is 291 g/mol. The third kappa shape index (κ3) is 2.97. The van der Waals surface area contributed by atoms with Gasteiger partial charge in [-0.15, -0.1) is 0 Å². The largest absolute Gasteiger partial charge is 0.452 e. The zero-order chi connectivity index (χ0) is 14.6. The van der Waals surface area contributed by atoms with Crippen molar-refractivity contribution in [3.05, 3.63) is 54.6 Å². The molecule has 0 saturated carbocycles. The van der Waals surface area contributed by atoms with Crippen LogP contribution in [-0.4, -0.2) is 21.6 Å². The summed E-state index contributed by atoms with van der Waals surface area (Å²) in [6.07, 6.45) is -1.02. The summed E-state index contributed by atoms with van der Waals surface area (Å²) < 4.78 is 30.5. The fourth-order valence-electron chi connectivity index (χ4n) is 1.76. The zero-order valence-electron chi connectivity index (χ0n) is 10.7. The molecular weight excluding hydrogens is 278 g/mol. The SMILES string of the molecule is COC(=O)NS(=O)(=O)c1ccccc1-c1ccccc1. The standard InChI is InChI=1S/C14H13NO4S/c1-19-14(16)15-20(17,18)13-10-6-5-9-12(13)11-7-3-2-4-8-11/h2-10H,1H3,(H,15,16). The van der Waals surface area contributed by atoms with Crippen molar-refractivity contribution < 1.29 is 17.9 Å². The average molecular weight is 291 g/mol. The number of benzene rings is 2. The highest BCUT2D eigenvalue weighted by atomic mass is 32.2. The van der Waals surface area contributed by atoms with Crippen molar-refractivity contribution in [2.24, 2.45) is 0 Å². The first kappa shape index (κ1) is 14.1. The van der Waals surface area contributed by atoms with Gasteiger partial charge >= 0.3 is 6.09 Å². The maximum atomic E-state index is 12.2. The van der Waals surface area contributed by atoms with Crippen LogP contribution in [0.15, 0.2) is 59.5 Å². The van der Waals surface area contributed by atoms with E-state index in [9.17, 15) is 13.2 Å². The molecule has 6 heteroatoms. The van der Waals surface area contributed by atoms with Crippen LogP contribution in [0.5, 0.6) is 0 Å². The minimum Gasteiger partial charge on any atom is -0.452 e. The molecule has 2 aromatic carbocycles. The van der Waals surface area contributed by atoms with Crippen LogP contribution in [0.2, 0.25) is 0 Å². The van der Waals surface area contributed by atoms with Crippen molar-refractivity contribution in [3.63, 3.8) is 0 Å². The predicted octanol–water partition coefficient (Wildman–Crippen LogP) is 2.40. The number of hydrogen-bond acceptors (Lipinski definition) is 4. The van der Waals surface area contributed by atoms with E-state index in [0.717, 1.165) is 12.7 Å². The molecule has 0 fully saturated rings. The Kier molecular flexibility index (Phi) is 4.05. The second kappa shape index (κ2) is 5.75. The fraction of sp³-hybridized carbons (Fsp3) is 0.0714. The highest BCUT2D eigenvalue weighted by Crippen LogP contribution is 2.26. The summed E-state index contributed by atoms with van der Waals surface area (Å²) in [5, 5.41) is 0. The van der Waals surface area contributed by atoms with Crippen molar-refractivity contribution >= 4 is 16.1 Å². The Morgan fingerprint density at radius 3 is 2.25 bits per heavy atom. The smallest absolute Gasteiger partial charge is 0.420 e. The number of sulfonamides is 1. The lowest BCUT2D eigenvalue weighted by atomic mass is 10.1. The zero-order valence-corrected chi connectivity index (χ0v) is 11.6. The van der Waals surface area contributed by atoms with E-state index in [1.807, 2.05) is 22.9 Å². The number of carbonyl (C=O) groups is 1. The number of ether oxygens (including phenoxy) is 1. The van der Waals surface area contributed by atoms with Crippen LogP contribution < -0.4 is 4.72 Å². The van der Waals surface area contributed by atoms with Crippen molar-refractivity contribution in [3.8, 4) is 11.1 Å². The van der Waals surface area contributed by atoms with Crippen LogP contribution in [-0.2, 0) is 14.8 Å². The summed E-state index contributed by atoms with van der Waals surface area (Å²) in [4.78, 5) is 11.2. The topological polar surface area (TPSA) is 72.5 Å². The van der Waals surface area contributed by atoms with Gasteiger partial charge in [0, 0.05) is 5.56 Å². The third-order valence-electron chi connectivity index (χ3n) is 2.66. The van der Waals surface area contributed by atoms with Gasteiger partial charge in [0.15, 0.2) is 0 Å². The fourth-order valence-corrected chi connectivity index (χ4v) is 2.91. The van der Waals surface area contributed by atoms with Crippen LogP contribution in [0.25, 0.3) is 11.1 Å². The van der Waals surface area contributed by atoms with Crippen LogP contribution in [0.1, 0.15) is 0 Å². The van der Waals surface area contributed by atoms with E-state index in [2.05, 4.69) is 4.74 Å². The number of nitrogens with one attached hydrogen (secondary N) is 1. The Labute approximate surface area is 117 Å². The van der Waals surface area contributed by atoms with Crippen LogP contribution in [0.4, 0.5) is 4.79 Å². The molecular formula is C14H13NO4S. The molecule has 20 heavy (non-hydrogen) atoms. The van der Waals surface area contributed by atoms with Crippen molar-refractivity contribution in [1.82, 2.24) is 4.72 Å². The molecule has 0 aliphatic carbocycles. The molecule has 0 unspecified atom stereocenters. The minimum atomic E-state index is -3.97. The van der Waals surface area contributed by atoms with Gasteiger partial charge in [-0.05, 0) is 11.6 Å². The lowest BCUT2D eigenvalue weighted by molar-refractivity contribution is 0.177. The summed E-state index contributed by atoms with van der Waals surface area (Å²) in [7, 11) is -2.87. The molecule has 0 heterocycles. The van der Waals surface area contributed by atoms with Crippen molar-refractivity contribution in [2.45, 2.75) is 4.90 Å². The second-order valence-corrected chi connectivity index (χ2v) is 5.61. The second-order valence-electron chi connectivity index (χ2n) is 3.96. The van der Waals surface area contributed by atoms with E-state index < -0.39 is 16.1 Å². The summed E-state index contributed by atoms with van der Waals surface area (Å²) >= 11 is 0. The number of hydrogen-bond donors (Lipinski definition) is 1. The Bertz CT molecular complexity index is 711. The van der Waals surface area contributed by atoms with Gasteiger partial charge in [0.05, 0.1) is 12.0 Å². The Morgan fingerprint density at radius 1 is 1.00 bits per heavy atom. The molecule has 2 rings (SSSR count). The summed E-state index contributed by atoms with van der Waals surface area (Å²) in [5.74, 6) is 0.